The highest BCUT2D eigenvalue weighted by Crippen LogP contribution is 2.17. The smallest absolute Gasteiger partial charge is 0.274 e. The molecule has 0 bridgehead atoms. The molecule has 2 saturated heterocycles. The lowest BCUT2D eigenvalue weighted by molar-refractivity contribution is -0.0587. The van der Waals surface area contributed by atoms with Gasteiger partial charge in [-0.05, 0) is 39.3 Å². The molecule has 6 heteroatoms. The minimum Gasteiger partial charge on any atom is -0.372 e. The summed E-state index contributed by atoms with van der Waals surface area (Å²) >= 11 is 0. The summed E-state index contributed by atoms with van der Waals surface area (Å²) < 4.78 is 7.61. The van der Waals surface area contributed by atoms with Gasteiger partial charge in [-0.25, -0.2) is 0 Å². The highest BCUT2D eigenvalue weighted by Gasteiger charge is 2.28. The second-order valence-electron chi connectivity index (χ2n) is 6.15. The van der Waals surface area contributed by atoms with E-state index < -0.39 is 0 Å². The highest BCUT2D eigenvalue weighted by atomic mass is 16.5. The van der Waals surface area contributed by atoms with Crippen molar-refractivity contribution in [3.8, 4) is 0 Å². The van der Waals surface area contributed by atoms with Gasteiger partial charge in [0.25, 0.3) is 5.91 Å². The molecular formula is C15H24N4O2. The first-order valence-corrected chi connectivity index (χ1v) is 7.84. The summed E-state index contributed by atoms with van der Waals surface area (Å²) in [5.41, 5.74) is 0.543. The molecule has 0 spiro atoms. The Morgan fingerprint density at radius 3 is 2.81 bits per heavy atom. The van der Waals surface area contributed by atoms with E-state index in [0.29, 0.717) is 24.8 Å². The lowest BCUT2D eigenvalue weighted by atomic mass is 10.1. The van der Waals surface area contributed by atoms with Crippen LogP contribution in [0.25, 0.3) is 0 Å². The van der Waals surface area contributed by atoms with Crippen molar-refractivity contribution in [2.24, 2.45) is 0 Å². The molecule has 21 heavy (non-hydrogen) atoms. The molecule has 3 rings (SSSR count). The average Bonchev–Trinajstić information content (AvgIpc) is 2.96. The molecule has 2 fully saturated rings. The van der Waals surface area contributed by atoms with Crippen molar-refractivity contribution in [2.45, 2.75) is 44.9 Å². The third-order valence-electron chi connectivity index (χ3n) is 4.18. The van der Waals surface area contributed by atoms with Crippen molar-refractivity contribution >= 4 is 5.91 Å². The van der Waals surface area contributed by atoms with Crippen LogP contribution in [0.15, 0.2) is 12.3 Å². The quantitative estimate of drug-likeness (QED) is 0.885. The van der Waals surface area contributed by atoms with E-state index in [1.807, 2.05) is 35.7 Å². The predicted molar refractivity (Wildman–Crippen MR) is 79.3 cm³/mol. The fourth-order valence-electron chi connectivity index (χ4n) is 3.22. The van der Waals surface area contributed by atoms with E-state index in [4.69, 9.17) is 4.74 Å². The summed E-state index contributed by atoms with van der Waals surface area (Å²) in [6, 6.07) is 2.20. The number of piperidine rings is 1. The molecule has 0 saturated carbocycles. The molecule has 3 heterocycles. The van der Waals surface area contributed by atoms with Gasteiger partial charge in [0.15, 0.2) is 0 Å². The highest BCUT2D eigenvalue weighted by molar-refractivity contribution is 5.92. The summed E-state index contributed by atoms with van der Waals surface area (Å²) in [6.45, 7) is 7.29. The molecule has 1 N–H and O–H groups in total. The van der Waals surface area contributed by atoms with Crippen molar-refractivity contribution in [3.63, 3.8) is 0 Å². The lowest BCUT2D eigenvalue weighted by Gasteiger charge is -2.34. The summed E-state index contributed by atoms with van der Waals surface area (Å²) in [7, 11) is 0. The zero-order valence-electron chi connectivity index (χ0n) is 12.8. The number of nitrogens with one attached hydrogen (secondary N) is 1. The summed E-state index contributed by atoms with van der Waals surface area (Å²) in [6.07, 6.45) is 4.38. The zero-order valence-corrected chi connectivity index (χ0v) is 12.8. The summed E-state index contributed by atoms with van der Waals surface area (Å²) in [5.74, 6) is 0.0134. The molecule has 0 aromatic carbocycles. The van der Waals surface area contributed by atoms with Crippen molar-refractivity contribution in [2.75, 3.05) is 26.2 Å². The number of ether oxygens (including phenoxy) is 1. The third-order valence-corrected chi connectivity index (χ3v) is 4.18. The third kappa shape index (κ3) is 3.27. The number of aromatic nitrogens is 2. The van der Waals surface area contributed by atoms with Gasteiger partial charge in [-0.3, -0.25) is 9.48 Å². The maximum atomic E-state index is 12.6. The Labute approximate surface area is 125 Å². The molecular weight excluding hydrogens is 268 g/mol. The average molecular weight is 292 g/mol. The van der Waals surface area contributed by atoms with Gasteiger partial charge in [-0.2, -0.15) is 5.10 Å². The second kappa shape index (κ2) is 6.15. The topological polar surface area (TPSA) is 59.4 Å². The number of hydrogen-bond acceptors (Lipinski definition) is 4. The Balaban J connectivity index is 1.68. The van der Waals surface area contributed by atoms with Crippen LogP contribution in [0.5, 0.6) is 0 Å². The number of nitrogens with zero attached hydrogens (tertiary/aromatic N) is 3. The molecule has 3 atom stereocenters. The second-order valence-corrected chi connectivity index (χ2v) is 6.15. The predicted octanol–water partition coefficient (Wildman–Crippen LogP) is 1.06. The van der Waals surface area contributed by atoms with E-state index in [1.54, 1.807) is 0 Å². The van der Waals surface area contributed by atoms with Gasteiger partial charge in [-0.1, -0.05) is 0 Å². The first-order valence-electron chi connectivity index (χ1n) is 7.84. The van der Waals surface area contributed by atoms with Crippen molar-refractivity contribution in [1.29, 1.82) is 0 Å². The number of rotatable bonds is 2. The van der Waals surface area contributed by atoms with Gasteiger partial charge in [0.2, 0.25) is 0 Å². The van der Waals surface area contributed by atoms with Crippen LogP contribution in [-0.4, -0.2) is 59.0 Å². The standard InChI is InChI=1S/C15H24N4O2/c1-11-9-18(10-12(2)21-11)15(20)14-5-7-19(17-14)13-4-3-6-16-8-13/h5,7,11-13,16H,3-4,6,8-10H2,1-2H3. The van der Waals surface area contributed by atoms with Gasteiger partial charge in [0.1, 0.15) is 5.69 Å². The number of carbonyl (C=O) groups excluding carboxylic acids is 1. The minimum atomic E-state index is 0.0134. The number of hydrogen-bond donors (Lipinski definition) is 1. The normalized spacial score (nSPS) is 30.4. The zero-order chi connectivity index (χ0) is 14.8. The van der Waals surface area contributed by atoms with Crippen molar-refractivity contribution in [1.82, 2.24) is 20.0 Å². The number of amides is 1. The minimum absolute atomic E-state index is 0.0134. The van der Waals surface area contributed by atoms with Crippen LogP contribution in [0, 0.1) is 0 Å². The van der Waals surface area contributed by atoms with Crippen LogP contribution in [0.2, 0.25) is 0 Å². The van der Waals surface area contributed by atoms with Gasteiger partial charge in [0.05, 0.1) is 18.2 Å². The Bertz CT molecular complexity index is 486. The Morgan fingerprint density at radius 1 is 1.38 bits per heavy atom. The molecule has 116 valence electrons. The van der Waals surface area contributed by atoms with Crippen LogP contribution in [0.3, 0.4) is 0 Å². The van der Waals surface area contributed by atoms with Gasteiger partial charge in [-0.15, -0.1) is 0 Å². The molecule has 0 radical (unpaired) electrons. The van der Waals surface area contributed by atoms with E-state index in [2.05, 4.69) is 10.4 Å². The number of morpholine rings is 1. The van der Waals surface area contributed by atoms with Crippen molar-refractivity contribution in [3.05, 3.63) is 18.0 Å². The van der Waals surface area contributed by atoms with Gasteiger partial charge >= 0.3 is 0 Å². The Morgan fingerprint density at radius 2 is 2.14 bits per heavy atom. The van der Waals surface area contributed by atoms with Crippen LogP contribution in [0.1, 0.15) is 43.2 Å². The SMILES string of the molecule is CC1CN(C(=O)c2ccn(C3CCCNC3)n2)CC(C)O1. The summed E-state index contributed by atoms with van der Waals surface area (Å²) in [4.78, 5) is 14.4. The van der Waals surface area contributed by atoms with E-state index in [0.717, 1.165) is 25.9 Å². The maximum absolute atomic E-state index is 12.6. The van der Waals surface area contributed by atoms with Gasteiger partial charge in [0, 0.05) is 25.8 Å². The van der Waals surface area contributed by atoms with Gasteiger partial charge < -0.3 is 15.0 Å². The van der Waals surface area contributed by atoms with Crippen LogP contribution < -0.4 is 5.32 Å². The van der Waals surface area contributed by atoms with E-state index in [9.17, 15) is 4.79 Å². The molecule has 2 aliphatic heterocycles. The molecule has 1 amide bonds. The largest absolute Gasteiger partial charge is 0.372 e. The molecule has 6 nitrogen and oxygen atoms in total. The Kier molecular flexibility index (Phi) is 4.26. The lowest BCUT2D eigenvalue weighted by Crippen LogP contribution is -2.48. The monoisotopic (exact) mass is 292 g/mol. The van der Waals surface area contributed by atoms with Crippen LogP contribution in [0.4, 0.5) is 0 Å². The van der Waals surface area contributed by atoms with E-state index in [-0.39, 0.29) is 18.1 Å². The fraction of sp³-hybridized carbons (Fsp3) is 0.733. The summed E-state index contributed by atoms with van der Waals surface area (Å²) in [5, 5.41) is 7.88. The molecule has 1 aromatic rings. The number of carbonyl (C=O) groups is 1. The molecule has 3 unspecified atom stereocenters. The first kappa shape index (κ1) is 14.5. The molecule has 0 aliphatic carbocycles. The first-order chi connectivity index (χ1) is 10.1. The van der Waals surface area contributed by atoms with E-state index >= 15 is 0 Å². The fourth-order valence-corrected chi connectivity index (χ4v) is 3.22. The Hall–Kier alpha value is -1.40. The maximum Gasteiger partial charge on any atom is 0.274 e. The molecule has 2 aliphatic rings. The van der Waals surface area contributed by atoms with Crippen molar-refractivity contribution < 1.29 is 9.53 Å². The molecule has 1 aromatic heterocycles. The van der Waals surface area contributed by atoms with E-state index in [1.165, 1.54) is 0 Å². The van der Waals surface area contributed by atoms with Crippen LogP contribution >= 0.6 is 0 Å². The van der Waals surface area contributed by atoms with Crippen LogP contribution in [-0.2, 0) is 4.74 Å².